The summed E-state index contributed by atoms with van der Waals surface area (Å²) in [6.07, 6.45) is 5.30. The van der Waals surface area contributed by atoms with Gasteiger partial charge in [-0.05, 0) is 49.2 Å². The van der Waals surface area contributed by atoms with Gasteiger partial charge in [-0.1, -0.05) is 12.8 Å². The fourth-order valence-corrected chi connectivity index (χ4v) is 4.80. The van der Waals surface area contributed by atoms with E-state index in [0.717, 1.165) is 25.7 Å². The summed E-state index contributed by atoms with van der Waals surface area (Å²) >= 11 is 0. The number of ether oxygens (including phenoxy) is 2. The lowest BCUT2D eigenvalue weighted by Gasteiger charge is -2.20. The van der Waals surface area contributed by atoms with Gasteiger partial charge in [0.15, 0.2) is 0 Å². The lowest BCUT2D eigenvalue weighted by molar-refractivity contribution is 0.412. The topological polar surface area (TPSA) is 88.4 Å². The van der Waals surface area contributed by atoms with E-state index >= 15 is 0 Å². The second kappa shape index (κ2) is 9.28. The molecular formula is C21H26N2O5S. The van der Waals surface area contributed by atoms with Crippen molar-refractivity contribution in [2.45, 2.75) is 30.6 Å². The van der Waals surface area contributed by atoms with Crippen molar-refractivity contribution >= 4 is 21.9 Å². The van der Waals surface area contributed by atoms with E-state index in [1.807, 2.05) is 0 Å². The van der Waals surface area contributed by atoms with Crippen LogP contribution in [0.25, 0.3) is 0 Å². The molecule has 156 valence electrons. The Morgan fingerprint density at radius 2 is 1.72 bits per heavy atom. The average molecular weight is 419 g/mol. The summed E-state index contributed by atoms with van der Waals surface area (Å²) in [6.45, 7) is 1.06. The highest BCUT2D eigenvalue weighted by Crippen LogP contribution is 2.32. The Hall–Kier alpha value is -2.58. The van der Waals surface area contributed by atoms with Crippen LogP contribution in [0.15, 0.2) is 46.3 Å². The van der Waals surface area contributed by atoms with Crippen LogP contribution in [0.5, 0.6) is 17.2 Å². The number of nitrogens with zero attached hydrogens (tertiary/aromatic N) is 2. The number of aliphatic imine (C=N–C) groups is 1. The van der Waals surface area contributed by atoms with Gasteiger partial charge in [-0.2, -0.15) is 4.31 Å². The van der Waals surface area contributed by atoms with Crippen LogP contribution in [-0.2, 0) is 10.0 Å². The standard InChI is InChI=1S/C21H26N2O5S/c1-27-17-7-9-20(24)16(13-17)15-22-19-14-18(8-10-21(19)28-2)29(25,26)23-11-5-3-4-6-12-23/h7-10,13-15,24H,3-6,11-12H2,1-2H3. The van der Waals surface area contributed by atoms with Gasteiger partial charge in [0.1, 0.15) is 22.9 Å². The Kier molecular flexibility index (Phi) is 6.76. The number of methoxy groups -OCH3 is 2. The molecule has 1 heterocycles. The quantitative estimate of drug-likeness (QED) is 0.722. The number of sulfonamides is 1. The first kappa shape index (κ1) is 21.1. The zero-order chi connectivity index (χ0) is 20.9. The first-order chi connectivity index (χ1) is 14.0. The summed E-state index contributed by atoms with van der Waals surface area (Å²) in [7, 11) is -0.565. The average Bonchev–Trinajstić information content (AvgIpc) is 3.03. The molecule has 0 atom stereocenters. The van der Waals surface area contributed by atoms with E-state index in [2.05, 4.69) is 4.99 Å². The number of rotatable bonds is 6. The van der Waals surface area contributed by atoms with E-state index < -0.39 is 10.0 Å². The van der Waals surface area contributed by atoms with Crippen molar-refractivity contribution in [2.24, 2.45) is 4.99 Å². The molecule has 2 aromatic rings. The van der Waals surface area contributed by atoms with E-state index in [-0.39, 0.29) is 10.6 Å². The predicted octanol–water partition coefficient (Wildman–Crippen LogP) is 3.72. The second-order valence-electron chi connectivity index (χ2n) is 6.83. The van der Waals surface area contributed by atoms with Crippen LogP contribution < -0.4 is 9.47 Å². The lowest BCUT2D eigenvalue weighted by atomic mass is 10.2. The summed E-state index contributed by atoms with van der Waals surface area (Å²) in [5.74, 6) is 1.06. The van der Waals surface area contributed by atoms with Gasteiger partial charge in [0.2, 0.25) is 10.0 Å². The molecule has 2 aromatic carbocycles. The summed E-state index contributed by atoms with van der Waals surface area (Å²) in [5.41, 5.74) is 0.817. The monoisotopic (exact) mass is 418 g/mol. The molecule has 0 spiro atoms. The van der Waals surface area contributed by atoms with Crippen LogP contribution >= 0.6 is 0 Å². The van der Waals surface area contributed by atoms with Crippen molar-refractivity contribution in [2.75, 3.05) is 27.3 Å². The molecular weight excluding hydrogens is 392 g/mol. The molecule has 7 nitrogen and oxygen atoms in total. The van der Waals surface area contributed by atoms with Gasteiger partial charge in [-0.15, -0.1) is 0 Å². The highest BCUT2D eigenvalue weighted by Gasteiger charge is 2.26. The van der Waals surface area contributed by atoms with E-state index in [0.29, 0.717) is 35.8 Å². The third-order valence-electron chi connectivity index (χ3n) is 4.93. The summed E-state index contributed by atoms with van der Waals surface area (Å²) in [4.78, 5) is 4.56. The van der Waals surface area contributed by atoms with Crippen molar-refractivity contribution in [3.63, 3.8) is 0 Å². The number of phenols is 1. The van der Waals surface area contributed by atoms with Crippen molar-refractivity contribution in [1.82, 2.24) is 4.31 Å². The van der Waals surface area contributed by atoms with Gasteiger partial charge in [0, 0.05) is 24.9 Å². The minimum atomic E-state index is -3.60. The minimum Gasteiger partial charge on any atom is -0.507 e. The molecule has 1 aliphatic rings. The molecule has 1 saturated heterocycles. The predicted molar refractivity (Wildman–Crippen MR) is 112 cm³/mol. The molecule has 8 heteroatoms. The Balaban J connectivity index is 1.95. The Bertz CT molecular complexity index is 981. The summed E-state index contributed by atoms with van der Waals surface area (Å²) in [6, 6.07) is 9.44. The minimum absolute atomic E-state index is 0.0434. The van der Waals surface area contributed by atoms with Gasteiger partial charge in [-0.3, -0.25) is 4.99 Å². The van der Waals surface area contributed by atoms with Crippen LogP contribution in [-0.4, -0.2) is 51.4 Å². The van der Waals surface area contributed by atoms with E-state index in [9.17, 15) is 13.5 Å². The number of hydrogen-bond acceptors (Lipinski definition) is 6. The zero-order valence-electron chi connectivity index (χ0n) is 16.7. The Labute approximate surface area is 171 Å². The van der Waals surface area contributed by atoms with Crippen LogP contribution in [0, 0.1) is 0 Å². The highest BCUT2D eigenvalue weighted by molar-refractivity contribution is 7.89. The zero-order valence-corrected chi connectivity index (χ0v) is 17.5. The summed E-state index contributed by atoms with van der Waals surface area (Å²) < 4.78 is 38.2. The van der Waals surface area contributed by atoms with Crippen LogP contribution in [0.1, 0.15) is 31.2 Å². The molecule has 1 N–H and O–H groups in total. The van der Waals surface area contributed by atoms with E-state index in [1.165, 1.54) is 32.6 Å². The maximum Gasteiger partial charge on any atom is 0.243 e. The second-order valence-corrected chi connectivity index (χ2v) is 8.77. The van der Waals surface area contributed by atoms with Crippen molar-refractivity contribution in [1.29, 1.82) is 0 Å². The molecule has 0 radical (unpaired) electrons. The van der Waals surface area contributed by atoms with Crippen LogP contribution in [0.4, 0.5) is 5.69 Å². The van der Waals surface area contributed by atoms with E-state index in [1.54, 1.807) is 28.6 Å². The third kappa shape index (κ3) is 4.89. The first-order valence-electron chi connectivity index (χ1n) is 9.55. The van der Waals surface area contributed by atoms with Gasteiger partial charge in [-0.25, -0.2) is 8.42 Å². The first-order valence-corrected chi connectivity index (χ1v) is 11.0. The molecule has 29 heavy (non-hydrogen) atoms. The maximum absolute atomic E-state index is 13.1. The Morgan fingerprint density at radius 1 is 1.00 bits per heavy atom. The van der Waals surface area contributed by atoms with Gasteiger partial charge < -0.3 is 14.6 Å². The fraction of sp³-hybridized carbons (Fsp3) is 0.381. The third-order valence-corrected chi connectivity index (χ3v) is 6.83. The molecule has 0 bridgehead atoms. The van der Waals surface area contributed by atoms with Crippen LogP contribution in [0.2, 0.25) is 0 Å². The molecule has 3 rings (SSSR count). The van der Waals surface area contributed by atoms with Gasteiger partial charge in [0.25, 0.3) is 0 Å². The molecule has 0 aliphatic carbocycles. The Morgan fingerprint density at radius 3 is 2.38 bits per heavy atom. The van der Waals surface area contributed by atoms with Crippen molar-refractivity contribution < 1.29 is 23.0 Å². The van der Waals surface area contributed by atoms with Gasteiger partial charge >= 0.3 is 0 Å². The molecule has 0 unspecified atom stereocenters. The molecule has 1 aliphatic heterocycles. The SMILES string of the molecule is COc1ccc(O)c(C=Nc2cc(S(=O)(=O)N3CCCCCC3)ccc2OC)c1. The number of phenolic OH excluding ortho intramolecular Hbond substituents is 1. The maximum atomic E-state index is 13.1. The van der Waals surface area contributed by atoms with Gasteiger partial charge in [0.05, 0.1) is 19.1 Å². The van der Waals surface area contributed by atoms with Crippen LogP contribution in [0.3, 0.4) is 0 Å². The smallest absolute Gasteiger partial charge is 0.243 e. The largest absolute Gasteiger partial charge is 0.507 e. The highest BCUT2D eigenvalue weighted by atomic mass is 32.2. The molecule has 1 fully saturated rings. The fourth-order valence-electron chi connectivity index (χ4n) is 3.26. The number of aromatic hydroxyl groups is 1. The summed E-state index contributed by atoms with van der Waals surface area (Å²) in [5, 5.41) is 10.0. The molecule has 0 aromatic heterocycles. The van der Waals surface area contributed by atoms with E-state index in [4.69, 9.17) is 9.47 Å². The lowest BCUT2D eigenvalue weighted by Crippen LogP contribution is -2.31. The normalized spacial score (nSPS) is 15.9. The number of hydrogen-bond donors (Lipinski definition) is 1. The molecule has 0 saturated carbocycles. The molecule has 0 amide bonds. The number of benzene rings is 2. The van der Waals surface area contributed by atoms with Crippen molar-refractivity contribution in [3.8, 4) is 17.2 Å². The van der Waals surface area contributed by atoms with Crippen molar-refractivity contribution in [3.05, 3.63) is 42.0 Å².